The van der Waals surface area contributed by atoms with Crippen molar-refractivity contribution in [3.63, 3.8) is 0 Å². The number of anilines is 2. The summed E-state index contributed by atoms with van der Waals surface area (Å²) in [6.45, 7) is 0.0331. The molecule has 0 radical (unpaired) electrons. The van der Waals surface area contributed by atoms with Crippen molar-refractivity contribution >= 4 is 28.4 Å². The molecule has 0 unspecified atom stereocenters. The van der Waals surface area contributed by atoms with Crippen LogP contribution in [0.3, 0.4) is 0 Å². The van der Waals surface area contributed by atoms with Crippen molar-refractivity contribution in [1.29, 1.82) is 0 Å². The average molecular weight is 257 g/mol. The van der Waals surface area contributed by atoms with Gasteiger partial charge in [0.25, 0.3) is 0 Å². The molecule has 0 fully saturated rings. The summed E-state index contributed by atoms with van der Waals surface area (Å²) in [5.74, 6) is 0.522. The number of carbonyl (C=O) groups excluding carboxylic acids is 1. The molecule has 0 aliphatic heterocycles. The van der Waals surface area contributed by atoms with Gasteiger partial charge in [-0.05, 0) is 12.1 Å². The molecule has 96 valence electrons. The topological polar surface area (TPSA) is 115 Å². The second kappa shape index (κ2) is 4.41. The normalized spacial score (nSPS) is 10.7. The van der Waals surface area contributed by atoms with Crippen LogP contribution in [0.2, 0.25) is 0 Å². The summed E-state index contributed by atoms with van der Waals surface area (Å²) in [7, 11) is 0. The molecule has 0 aliphatic rings. The number of fused-ring (bicyclic) bond motifs is 1. The molecule has 0 saturated carbocycles. The minimum Gasteiger partial charge on any atom is -0.381 e. The van der Waals surface area contributed by atoms with Gasteiger partial charge < -0.3 is 11.1 Å². The first-order valence-corrected chi connectivity index (χ1v) is 5.61. The highest BCUT2D eigenvalue weighted by Gasteiger charge is 2.10. The SMILES string of the molecule is Nc1cn(CC(=O)Nc2n[nH]c3ccccc23)nn1. The van der Waals surface area contributed by atoms with Crippen LogP contribution in [0.5, 0.6) is 0 Å². The summed E-state index contributed by atoms with van der Waals surface area (Å²) in [5.41, 5.74) is 6.28. The molecule has 4 N–H and O–H groups in total. The van der Waals surface area contributed by atoms with Crippen LogP contribution in [0.4, 0.5) is 11.6 Å². The molecule has 0 bridgehead atoms. The lowest BCUT2D eigenvalue weighted by Gasteiger charge is -2.01. The van der Waals surface area contributed by atoms with E-state index in [0.717, 1.165) is 10.9 Å². The fourth-order valence-electron chi connectivity index (χ4n) is 1.77. The smallest absolute Gasteiger partial charge is 0.247 e. The molecule has 0 saturated heterocycles. The maximum absolute atomic E-state index is 11.8. The Hall–Kier alpha value is -2.90. The Morgan fingerprint density at radius 3 is 3.05 bits per heavy atom. The lowest BCUT2D eigenvalue weighted by molar-refractivity contribution is -0.116. The van der Waals surface area contributed by atoms with Crippen LogP contribution in [0.25, 0.3) is 10.9 Å². The molecule has 0 spiro atoms. The van der Waals surface area contributed by atoms with Crippen molar-refractivity contribution in [2.45, 2.75) is 6.54 Å². The first kappa shape index (κ1) is 11.2. The third kappa shape index (κ3) is 2.23. The highest BCUT2D eigenvalue weighted by Crippen LogP contribution is 2.19. The Labute approximate surface area is 107 Å². The molecule has 0 atom stereocenters. The molecule has 8 heteroatoms. The van der Waals surface area contributed by atoms with Crippen molar-refractivity contribution in [3.8, 4) is 0 Å². The molecule has 1 aromatic carbocycles. The highest BCUT2D eigenvalue weighted by atomic mass is 16.2. The quantitative estimate of drug-likeness (QED) is 0.627. The van der Waals surface area contributed by atoms with E-state index in [2.05, 4.69) is 25.8 Å². The minimum absolute atomic E-state index is 0.0331. The van der Waals surface area contributed by atoms with Crippen molar-refractivity contribution in [3.05, 3.63) is 30.5 Å². The van der Waals surface area contributed by atoms with Gasteiger partial charge in [-0.2, -0.15) is 5.10 Å². The molecule has 0 aliphatic carbocycles. The summed E-state index contributed by atoms with van der Waals surface area (Å²) in [6.07, 6.45) is 1.49. The third-order valence-electron chi connectivity index (χ3n) is 2.59. The largest absolute Gasteiger partial charge is 0.381 e. The van der Waals surface area contributed by atoms with Gasteiger partial charge in [-0.1, -0.05) is 17.3 Å². The molecule has 2 heterocycles. The van der Waals surface area contributed by atoms with Crippen molar-refractivity contribution < 1.29 is 4.79 Å². The van der Waals surface area contributed by atoms with Gasteiger partial charge in [0, 0.05) is 5.39 Å². The number of H-pyrrole nitrogens is 1. The fourth-order valence-corrected chi connectivity index (χ4v) is 1.77. The predicted octanol–water partition coefficient (Wildman–Crippen LogP) is 0.375. The maximum atomic E-state index is 11.8. The van der Waals surface area contributed by atoms with Crippen molar-refractivity contribution in [2.24, 2.45) is 0 Å². The molecule has 3 aromatic rings. The number of nitrogen functional groups attached to an aromatic ring is 1. The summed E-state index contributed by atoms with van der Waals surface area (Å²) in [4.78, 5) is 11.8. The summed E-state index contributed by atoms with van der Waals surface area (Å²) < 4.78 is 1.36. The number of nitrogens with two attached hydrogens (primary N) is 1. The van der Waals surface area contributed by atoms with E-state index < -0.39 is 0 Å². The van der Waals surface area contributed by atoms with Gasteiger partial charge in [-0.15, -0.1) is 5.10 Å². The molecule has 19 heavy (non-hydrogen) atoms. The predicted molar refractivity (Wildman–Crippen MR) is 69.2 cm³/mol. The number of aromatic amines is 1. The van der Waals surface area contributed by atoms with Crippen LogP contribution < -0.4 is 11.1 Å². The number of hydrogen-bond acceptors (Lipinski definition) is 5. The number of hydrogen-bond donors (Lipinski definition) is 3. The van der Waals surface area contributed by atoms with Crippen LogP contribution in [-0.2, 0) is 11.3 Å². The van der Waals surface area contributed by atoms with E-state index in [1.807, 2.05) is 24.3 Å². The van der Waals surface area contributed by atoms with Crippen LogP contribution in [0.1, 0.15) is 0 Å². The lowest BCUT2D eigenvalue weighted by Crippen LogP contribution is -2.19. The number of para-hydroxylation sites is 1. The number of nitrogens with one attached hydrogen (secondary N) is 2. The van der Waals surface area contributed by atoms with Gasteiger partial charge in [-0.3, -0.25) is 9.89 Å². The van der Waals surface area contributed by atoms with Gasteiger partial charge in [-0.25, -0.2) is 4.68 Å². The first-order chi connectivity index (χ1) is 9.22. The van der Waals surface area contributed by atoms with Crippen molar-refractivity contribution in [1.82, 2.24) is 25.2 Å². The standard InChI is InChI=1S/C11H11N7O/c12-9-5-18(17-15-9)6-10(19)13-11-7-3-1-2-4-8(7)14-16-11/h1-5H,6,12H2,(H2,13,14,16,19). The van der Waals surface area contributed by atoms with E-state index in [9.17, 15) is 4.79 Å². The van der Waals surface area contributed by atoms with Crippen LogP contribution in [-0.4, -0.2) is 31.1 Å². The monoisotopic (exact) mass is 257 g/mol. The zero-order valence-corrected chi connectivity index (χ0v) is 9.87. The Balaban J connectivity index is 1.76. The fraction of sp³-hybridized carbons (Fsp3) is 0.0909. The van der Waals surface area contributed by atoms with E-state index in [1.54, 1.807) is 0 Å². The first-order valence-electron chi connectivity index (χ1n) is 5.61. The molecular formula is C11H11N7O. The Kier molecular flexibility index (Phi) is 2.60. The number of aromatic nitrogens is 5. The summed E-state index contributed by atoms with van der Waals surface area (Å²) in [6, 6.07) is 7.54. The van der Waals surface area contributed by atoms with E-state index in [1.165, 1.54) is 10.9 Å². The summed E-state index contributed by atoms with van der Waals surface area (Å²) >= 11 is 0. The third-order valence-corrected chi connectivity index (χ3v) is 2.59. The molecule has 8 nitrogen and oxygen atoms in total. The molecule has 2 aromatic heterocycles. The summed E-state index contributed by atoms with van der Waals surface area (Å²) in [5, 5.41) is 17.8. The van der Waals surface area contributed by atoms with Crippen molar-refractivity contribution in [2.75, 3.05) is 11.1 Å². The molecule has 1 amide bonds. The number of benzene rings is 1. The van der Waals surface area contributed by atoms with Crippen LogP contribution >= 0.6 is 0 Å². The number of rotatable bonds is 3. The molecular weight excluding hydrogens is 246 g/mol. The van der Waals surface area contributed by atoms with Crippen LogP contribution in [0.15, 0.2) is 30.5 Å². The lowest BCUT2D eigenvalue weighted by atomic mass is 10.2. The Morgan fingerprint density at radius 2 is 2.26 bits per heavy atom. The second-order valence-electron chi connectivity index (χ2n) is 4.01. The van der Waals surface area contributed by atoms with Gasteiger partial charge in [0.2, 0.25) is 5.91 Å². The van der Waals surface area contributed by atoms with E-state index in [0.29, 0.717) is 5.82 Å². The number of carbonyl (C=O) groups is 1. The van der Waals surface area contributed by atoms with Crippen LogP contribution in [0, 0.1) is 0 Å². The van der Waals surface area contributed by atoms with E-state index >= 15 is 0 Å². The van der Waals surface area contributed by atoms with Gasteiger partial charge in [0.1, 0.15) is 6.54 Å². The van der Waals surface area contributed by atoms with E-state index in [-0.39, 0.29) is 18.3 Å². The zero-order chi connectivity index (χ0) is 13.2. The zero-order valence-electron chi connectivity index (χ0n) is 9.87. The van der Waals surface area contributed by atoms with Gasteiger partial charge in [0.15, 0.2) is 11.6 Å². The molecule has 3 rings (SSSR count). The minimum atomic E-state index is -0.248. The second-order valence-corrected chi connectivity index (χ2v) is 4.01. The van der Waals surface area contributed by atoms with Gasteiger partial charge >= 0.3 is 0 Å². The Morgan fingerprint density at radius 1 is 1.42 bits per heavy atom. The number of nitrogens with zero attached hydrogens (tertiary/aromatic N) is 4. The Bertz CT molecular complexity index is 729. The highest BCUT2D eigenvalue weighted by molar-refractivity contribution is 5.99. The van der Waals surface area contributed by atoms with E-state index in [4.69, 9.17) is 5.73 Å². The number of amides is 1. The van der Waals surface area contributed by atoms with Gasteiger partial charge in [0.05, 0.1) is 11.7 Å². The maximum Gasteiger partial charge on any atom is 0.247 e. The average Bonchev–Trinajstić information content (AvgIpc) is 2.97.